The van der Waals surface area contributed by atoms with Gasteiger partial charge in [0, 0.05) is 0 Å². The van der Waals surface area contributed by atoms with Crippen molar-refractivity contribution < 1.29 is 14.6 Å². The van der Waals surface area contributed by atoms with Crippen LogP contribution in [0.1, 0.15) is 47.5 Å². The molecule has 1 aromatic heterocycles. The van der Waals surface area contributed by atoms with Crippen LogP contribution in [0.4, 0.5) is 5.82 Å². The third-order valence-corrected chi connectivity index (χ3v) is 2.90. The van der Waals surface area contributed by atoms with Gasteiger partial charge in [-0.2, -0.15) is 0 Å². The molecular weight excluding hydrogens is 220 g/mol. The zero-order valence-electron chi connectivity index (χ0n) is 9.77. The molecule has 5 nitrogen and oxygen atoms in total. The molecule has 1 unspecified atom stereocenters. The van der Waals surface area contributed by atoms with E-state index in [1.165, 1.54) is 0 Å². The van der Waals surface area contributed by atoms with Crippen LogP contribution in [0.2, 0.25) is 0 Å². The minimum Gasteiger partial charge on any atom is -0.462 e. The molecule has 0 radical (unpaired) electrons. The number of esters is 1. The standard InChI is InChI=1S/C12H16N2O3/c1-2-17-12(16)8-6-7-4-3-5-9(15)10(7)14-11(8)13/h6,9,15H,2-5H2,1H3,(H2,13,14). The van der Waals surface area contributed by atoms with Crippen molar-refractivity contribution in [2.24, 2.45) is 0 Å². The average molecular weight is 236 g/mol. The van der Waals surface area contributed by atoms with Gasteiger partial charge >= 0.3 is 5.97 Å². The van der Waals surface area contributed by atoms with Gasteiger partial charge in [-0.25, -0.2) is 9.78 Å². The van der Waals surface area contributed by atoms with Gasteiger partial charge in [0.1, 0.15) is 11.4 Å². The molecule has 1 aliphatic carbocycles. The third-order valence-electron chi connectivity index (χ3n) is 2.90. The molecule has 1 aliphatic rings. The number of nitrogens with two attached hydrogens (primary N) is 1. The lowest BCUT2D eigenvalue weighted by Crippen LogP contribution is -2.17. The maximum absolute atomic E-state index is 11.6. The van der Waals surface area contributed by atoms with Crippen LogP contribution in [0.3, 0.4) is 0 Å². The van der Waals surface area contributed by atoms with Gasteiger partial charge in [-0.15, -0.1) is 0 Å². The largest absolute Gasteiger partial charge is 0.462 e. The summed E-state index contributed by atoms with van der Waals surface area (Å²) < 4.78 is 4.91. The van der Waals surface area contributed by atoms with Crippen molar-refractivity contribution in [2.45, 2.75) is 32.3 Å². The van der Waals surface area contributed by atoms with E-state index in [1.807, 2.05) is 0 Å². The number of pyridine rings is 1. The monoisotopic (exact) mass is 236 g/mol. The second kappa shape index (κ2) is 4.71. The molecule has 0 fully saturated rings. The first-order chi connectivity index (χ1) is 8.13. The van der Waals surface area contributed by atoms with Crippen molar-refractivity contribution in [1.82, 2.24) is 4.98 Å². The molecule has 0 saturated carbocycles. The molecular formula is C12H16N2O3. The van der Waals surface area contributed by atoms with E-state index in [1.54, 1.807) is 13.0 Å². The predicted molar refractivity (Wildman–Crippen MR) is 62.5 cm³/mol. The van der Waals surface area contributed by atoms with Crippen LogP contribution in [0.15, 0.2) is 6.07 Å². The number of carbonyl (C=O) groups is 1. The maximum Gasteiger partial charge on any atom is 0.341 e. The Morgan fingerprint density at radius 2 is 2.47 bits per heavy atom. The second-order valence-electron chi connectivity index (χ2n) is 4.09. The molecule has 2 rings (SSSR count). The first kappa shape index (κ1) is 11.9. The Hall–Kier alpha value is -1.62. The minimum atomic E-state index is -0.572. The molecule has 3 N–H and O–H groups in total. The number of rotatable bonds is 2. The first-order valence-electron chi connectivity index (χ1n) is 5.78. The topological polar surface area (TPSA) is 85.4 Å². The van der Waals surface area contributed by atoms with Crippen LogP contribution < -0.4 is 5.73 Å². The Kier molecular flexibility index (Phi) is 3.28. The predicted octanol–water partition coefficient (Wildman–Crippen LogP) is 1.21. The number of nitrogen functional groups attached to an aromatic ring is 1. The number of fused-ring (bicyclic) bond motifs is 1. The van der Waals surface area contributed by atoms with Crippen molar-refractivity contribution in [2.75, 3.05) is 12.3 Å². The third kappa shape index (κ3) is 2.24. The Balaban J connectivity index is 2.40. The van der Waals surface area contributed by atoms with Crippen LogP contribution in [-0.2, 0) is 11.2 Å². The van der Waals surface area contributed by atoms with E-state index >= 15 is 0 Å². The Bertz CT molecular complexity index is 446. The zero-order valence-corrected chi connectivity index (χ0v) is 9.77. The summed E-state index contributed by atoms with van der Waals surface area (Å²) in [5.41, 5.74) is 7.50. The number of anilines is 1. The molecule has 1 atom stereocenters. The van der Waals surface area contributed by atoms with Gasteiger partial charge in [0.05, 0.1) is 18.4 Å². The molecule has 17 heavy (non-hydrogen) atoms. The maximum atomic E-state index is 11.6. The van der Waals surface area contributed by atoms with Gasteiger partial charge in [0.2, 0.25) is 0 Å². The summed E-state index contributed by atoms with van der Waals surface area (Å²) in [5, 5.41) is 9.78. The molecule has 0 aromatic carbocycles. The first-order valence-corrected chi connectivity index (χ1v) is 5.78. The fourth-order valence-electron chi connectivity index (χ4n) is 2.07. The highest BCUT2D eigenvalue weighted by Crippen LogP contribution is 2.30. The lowest BCUT2D eigenvalue weighted by Gasteiger charge is -2.21. The van der Waals surface area contributed by atoms with E-state index in [0.717, 1.165) is 18.4 Å². The summed E-state index contributed by atoms with van der Waals surface area (Å²) in [6.07, 6.45) is 1.82. The van der Waals surface area contributed by atoms with E-state index in [2.05, 4.69) is 4.98 Å². The number of hydrogen-bond donors (Lipinski definition) is 2. The number of aliphatic hydroxyl groups excluding tert-OH is 1. The highest BCUT2D eigenvalue weighted by molar-refractivity contribution is 5.94. The van der Waals surface area contributed by atoms with Crippen LogP contribution in [-0.4, -0.2) is 22.7 Å². The molecule has 0 spiro atoms. The molecule has 5 heteroatoms. The quantitative estimate of drug-likeness (QED) is 0.754. The van der Waals surface area contributed by atoms with Crippen LogP contribution >= 0.6 is 0 Å². The average Bonchev–Trinajstić information content (AvgIpc) is 2.30. The van der Waals surface area contributed by atoms with E-state index in [9.17, 15) is 9.90 Å². The highest BCUT2D eigenvalue weighted by atomic mass is 16.5. The Morgan fingerprint density at radius 1 is 1.71 bits per heavy atom. The summed E-state index contributed by atoms with van der Waals surface area (Å²) in [6.45, 7) is 2.04. The van der Waals surface area contributed by atoms with Crippen molar-refractivity contribution in [3.05, 3.63) is 22.9 Å². The number of aryl methyl sites for hydroxylation is 1. The number of aliphatic hydroxyl groups is 1. The van der Waals surface area contributed by atoms with Crippen molar-refractivity contribution in [1.29, 1.82) is 0 Å². The number of aromatic nitrogens is 1. The number of nitrogens with zero attached hydrogens (tertiary/aromatic N) is 1. The molecule has 1 heterocycles. The summed E-state index contributed by atoms with van der Waals surface area (Å²) in [5.74, 6) is -0.330. The fourth-order valence-corrected chi connectivity index (χ4v) is 2.07. The summed E-state index contributed by atoms with van der Waals surface area (Å²) in [7, 11) is 0. The lowest BCUT2D eigenvalue weighted by molar-refractivity contribution is 0.0526. The van der Waals surface area contributed by atoms with Crippen molar-refractivity contribution >= 4 is 11.8 Å². The van der Waals surface area contributed by atoms with Gasteiger partial charge in [0.15, 0.2) is 0 Å². The SMILES string of the molecule is CCOC(=O)c1cc2c(nc1N)C(O)CCC2. The van der Waals surface area contributed by atoms with E-state index in [0.29, 0.717) is 24.3 Å². The van der Waals surface area contributed by atoms with Crippen molar-refractivity contribution in [3.63, 3.8) is 0 Å². The number of carbonyl (C=O) groups excluding carboxylic acids is 1. The fraction of sp³-hybridized carbons (Fsp3) is 0.500. The van der Waals surface area contributed by atoms with Crippen LogP contribution in [0, 0.1) is 0 Å². The summed E-state index contributed by atoms with van der Waals surface area (Å²) in [4.78, 5) is 15.8. The summed E-state index contributed by atoms with van der Waals surface area (Å²) in [6, 6.07) is 1.69. The minimum absolute atomic E-state index is 0.128. The van der Waals surface area contributed by atoms with Gasteiger partial charge in [0.25, 0.3) is 0 Å². The molecule has 0 bridgehead atoms. The molecule has 0 amide bonds. The van der Waals surface area contributed by atoms with Crippen LogP contribution in [0.25, 0.3) is 0 Å². The zero-order chi connectivity index (χ0) is 12.4. The van der Waals surface area contributed by atoms with Gasteiger partial charge in [-0.05, 0) is 37.8 Å². The van der Waals surface area contributed by atoms with E-state index in [4.69, 9.17) is 10.5 Å². The molecule has 1 aromatic rings. The Labute approximate surface area is 99.6 Å². The van der Waals surface area contributed by atoms with Gasteiger partial charge in [-0.1, -0.05) is 0 Å². The molecule has 92 valence electrons. The highest BCUT2D eigenvalue weighted by Gasteiger charge is 2.23. The van der Waals surface area contributed by atoms with Crippen LogP contribution in [0.5, 0.6) is 0 Å². The number of hydrogen-bond acceptors (Lipinski definition) is 5. The normalized spacial score (nSPS) is 18.6. The summed E-state index contributed by atoms with van der Waals surface area (Å²) >= 11 is 0. The lowest BCUT2D eigenvalue weighted by atomic mass is 9.92. The second-order valence-corrected chi connectivity index (χ2v) is 4.09. The van der Waals surface area contributed by atoms with E-state index < -0.39 is 12.1 Å². The van der Waals surface area contributed by atoms with Crippen molar-refractivity contribution in [3.8, 4) is 0 Å². The van der Waals surface area contributed by atoms with Gasteiger partial charge < -0.3 is 15.6 Å². The molecule has 0 aliphatic heterocycles. The van der Waals surface area contributed by atoms with Gasteiger partial charge in [-0.3, -0.25) is 0 Å². The molecule has 0 saturated heterocycles. The van der Waals surface area contributed by atoms with E-state index in [-0.39, 0.29) is 5.82 Å². The Morgan fingerprint density at radius 3 is 3.18 bits per heavy atom. The number of ether oxygens (including phenoxy) is 1. The smallest absolute Gasteiger partial charge is 0.341 e.